The molecule has 3 N–H and O–H groups in total. The highest BCUT2D eigenvalue weighted by atomic mass is 16.6. The van der Waals surface area contributed by atoms with Crippen molar-refractivity contribution in [2.45, 2.75) is 19.4 Å². The fourth-order valence-electron chi connectivity index (χ4n) is 1.41. The van der Waals surface area contributed by atoms with Crippen LogP contribution in [0.5, 0.6) is 11.5 Å². The largest absolute Gasteiger partial charge is 0.504 e. The first-order valence-electron chi connectivity index (χ1n) is 4.75. The minimum atomic E-state index is -0.535. The van der Waals surface area contributed by atoms with E-state index in [1.807, 2.05) is 0 Å². The second kappa shape index (κ2) is 4.80. The molecule has 16 heavy (non-hydrogen) atoms. The van der Waals surface area contributed by atoms with E-state index in [1.165, 1.54) is 19.2 Å². The zero-order valence-electron chi connectivity index (χ0n) is 9.14. The monoisotopic (exact) mass is 226 g/mol. The number of nitrogens with two attached hydrogens (primary N) is 1. The third kappa shape index (κ3) is 2.60. The number of non-ortho nitro benzene ring substituents is 1. The summed E-state index contributed by atoms with van der Waals surface area (Å²) in [6, 6.07) is 2.29. The van der Waals surface area contributed by atoms with E-state index in [2.05, 4.69) is 0 Å². The van der Waals surface area contributed by atoms with Gasteiger partial charge in [-0.25, -0.2) is 0 Å². The summed E-state index contributed by atoms with van der Waals surface area (Å²) >= 11 is 0. The quantitative estimate of drug-likeness (QED) is 0.593. The molecule has 0 radical (unpaired) electrons. The van der Waals surface area contributed by atoms with Crippen molar-refractivity contribution in [1.82, 2.24) is 0 Å². The van der Waals surface area contributed by atoms with Gasteiger partial charge in [0.1, 0.15) is 0 Å². The second-order valence-corrected chi connectivity index (χ2v) is 3.59. The molecular formula is C10H14N2O4. The van der Waals surface area contributed by atoms with Gasteiger partial charge in [-0.3, -0.25) is 10.1 Å². The van der Waals surface area contributed by atoms with Crippen LogP contribution in [0.25, 0.3) is 0 Å². The van der Waals surface area contributed by atoms with E-state index in [9.17, 15) is 15.2 Å². The van der Waals surface area contributed by atoms with E-state index < -0.39 is 4.92 Å². The van der Waals surface area contributed by atoms with Crippen LogP contribution in [0, 0.1) is 10.1 Å². The van der Waals surface area contributed by atoms with Gasteiger partial charge in [-0.2, -0.15) is 0 Å². The first-order chi connectivity index (χ1) is 7.45. The van der Waals surface area contributed by atoms with Gasteiger partial charge in [0.15, 0.2) is 11.5 Å². The van der Waals surface area contributed by atoms with Crippen molar-refractivity contribution in [2.24, 2.45) is 5.73 Å². The van der Waals surface area contributed by atoms with Crippen molar-refractivity contribution in [3.05, 3.63) is 27.8 Å². The molecule has 0 aliphatic carbocycles. The number of phenols is 1. The van der Waals surface area contributed by atoms with E-state index in [4.69, 9.17) is 10.5 Å². The standard InChI is InChI=1S/C10H14N2O4/c1-6(11)3-7-4-8(12(14)15)5-9(16-2)10(7)13/h4-6,13H,3,11H2,1-2H3. The molecule has 1 unspecified atom stereocenters. The first kappa shape index (κ1) is 12.3. The Morgan fingerprint density at radius 2 is 2.25 bits per heavy atom. The maximum atomic E-state index is 10.7. The summed E-state index contributed by atoms with van der Waals surface area (Å²) in [4.78, 5) is 10.1. The number of aromatic hydroxyl groups is 1. The lowest BCUT2D eigenvalue weighted by Gasteiger charge is -2.10. The fraction of sp³-hybridized carbons (Fsp3) is 0.400. The summed E-state index contributed by atoms with van der Waals surface area (Å²) in [6.45, 7) is 1.75. The fourth-order valence-corrected chi connectivity index (χ4v) is 1.41. The predicted molar refractivity (Wildman–Crippen MR) is 58.7 cm³/mol. The molecule has 6 heteroatoms. The van der Waals surface area contributed by atoms with Gasteiger partial charge in [0.2, 0.25) is 0 Å². The van der Waals surface area contributed by atoms with Gasteiger partial charge < -0.3 is 15.6 Å². The summed E-state index contributed by atoms with van der Waals surface area (Å²) in [5.74, 6) is -0.00440. The lowest BCUT2D eigenvalue weighted by Crippen LogP contribution is -2.18. The van der Waals surface area contributed by atoms with Crippen molar-refractivity contribution in [3.63, 3.8) is 0 Å². The molecule has 0 heterocycles. The van der Waals surface area contributed by atoms with Gasteiger partial charge in [0, 0.05) is 17.7 Å². The van der Waals surface area contributed by atoms with Crippen LogP contribution in [0.3, 0.4) is 0 Å². The number of methoxy groups -OCH3 is 1. The second-order valence-electron chi connectivity index (χ2n) is 3.59. The molecule has 1 atom stereocenters. The summed E-state index contributed by atoms with van der Waals surface area (Å²) in [5.41, 5.74) is 5.89. The van der Waals surface area contributed by atoms with Crippen molar-refractivity contribution >= 4 is 5.69 Å². The van der Waals surface area contributed by atoms with Crippen LogP contribution in [-0.4, -0.2) is 23.2 Å². The summed E-state index contributed by atoms with van der Waals surface area (Å²) in [5, 5.41) is 20.4. The number of hydrogen-bond donors (Lipinski definition) is 2. The van der Waals surface area contributed by atoms with Gasteiger partial charge in [-0.1, -0.05) is 0 Å². The Balaban J connectivity index is 3.24. The average Bonchev–Trinajstić information content (AvgIpc) is 2.20. The molecule has 0 saturated heterocycles. The smallest absolute Gasteiger partial charge is 0.273 e. The molecule has 0 fully saturated rings. The number of phenolic OH excluding ortho intramolecular Hbond substituents is 1. The summed E-state index contributed by atoms with van der Waals surface area (Å²) in [7, 11) is 1.34. The normalized spacial score (nSPS) is 12.2. The molecule has 0 aliphatic rings. The van der Waals surface area contributed by atoms with Crippen molar-refractivity contribution in [3.8, 4) is 11.5 Å². The number of hydrogen-bond acceptors (Lipinski definition) is 5. The van der Waals surface area contributed by atoms with Crippen LogP contribution < -0.4 is 10.5 Å². The molecule has 1 rings (SSSR count). The topological polar surface area (TPSA) is 98.6 Å². The van der Waals surface area contributed by atoms with Gasteiger partial charge in [-0.15, -0.1) is 0 Å². The number of nitro benzene ring substituents is 1. The van der Waals surface area contributed by atoms with Gasteiger partial charge in [-0.05, 0) is 13.3 Å². The molecule has 1 aromatic carbocycles. The molecule has 0 aliphatic heterocycles. The van der Waals surface area contributed by atoms with E-state index in [0.29, 0.717) is 12.0 Å². The van der Waals surface area contributed by atoms with Gasteiger partial charge in [0.25, 0.3) is 5.69 Å². The summed E-state index contributed by atoms with van der Waals surface area (Å²) in [6.07, 6.45) is 0.351. The maximum absolute atomic E-state index is 10.7. The Morgan fingerprint density at radius 1 is 1.62 bits per heavy atom. The van der Waals surface area contributed by atoms with Gasteiger partial charge in [0.05, 0.1) is 18.1 Å². The van der Waals surface area contributed by atoms with Crippen LogP contribution >= 0.6 is 0 Å². The average molecular weight is 226 g/mol. The Bertz CT molecular complexity index is 404. The first-order valence-corrected chi connectivity index (χ1v) is 4.75. The number of benzene rings is 1. The number of nitrogens with zero attached hydrogens (tertiary/aromatic N) is 1. The number of ether oxygens (including phenoxy) is 1. The van der Waals surface area contributed by atoms with Crippen LogP contribution in [-0.2, 0) is 6.42 Å². The molecule has 1 aromatic rings. The van der Waals surface area contributed by atoms with Crippen LogP contribution in [0.15, 0.2) is 12.1 Å². The highest BCUT2D eigenvalue weighted by Crippen LogP contribution is 2.34. The lowest BCUT2D eigenvalue weighted by atomic mass is 10.1. The highest BCUT2D eigenvalue weighted by molar-refractivity contribution is 5.53. The minimum absolute atomic E-state index is 0.0878. The summed E-state index contributed by atoms with van der Waals surface area (Å²) < 4.78 is 4.86. The molecule has 0 aromatic heterocycles. The Morgan fingerprint density at radius 3 is 2.69 bits per heavy atom. The SMILES string of the molecule is COc1cc([N+](=O)[O-])cc(CC(C)N)c1O. The van der Waals surface area contributed by atoms with Crippen LogP contribution in [0.1, 0.15) is 12.5 Å². The molecule has 0 bridgehead atoms. The Hall–Kier alpha value is -1.82. The zero-order valence-corrected chi connectivity index (χ0v) is 9.14. The highest BCUT2D eigenvalue weighted by Gasteiger charge is 2.17. The Kier molecular flexibility index (Phi) is 3.68. The van der Waals surface area contributed by atoms with E-state index in [-0.39, 0.29) is 23.2 Å². The van der Waals surface area contributed by atoms with E-state index >= 15 is 0 Å². The minimum Gasteiger partial charge on any atom is -0.504 e. The number of nitro groups is 1. The lowest BCUT2D eigenvalue weighted by molar-refractivity contribution is -0.385. The molecule has 0 amide bonds. The third-order valence-electron chi connectivity index (χ3n) is 2.11. The molecule has 0 spiro atoms. The molecule has 0 saturated carbocycles. The Labute approximate surface area is 92.8 Å². The zero-order chi connectivity index (χ0) is 12.3. The molecular weight excluding hydrogens is 212 g/mol. The van der Waals surface area contributed by atoms with E-state index in [1.54, 1.807) is 6.92 Å². The van der Waals surface area contributed by atoms with Crippen LogP contribution in [0.4, 0.5) is 5.69 Å². The van der Waals surface area contributed by atoms with Crippen molar-refractivity contribution in [2.75, 3.05) is 7.11 Å². The third-order valence-corrected chi connectivity index (χ3v) is 2.11. The molecule has 88 valence electrons. The van der Waals surface area contributed by atoms with Crippen LogP contribution in [0.2, 0.25) is 0 Å². The molecule has 6 nitrogen and oxygen atoms in total. The number of rotatable bonds is 4. The predicted octanol–water partition coefficient (Wildman–Crippen LogP) is 1.20. The van der Waals surface area contributed by atoms with Gasteiger partial charge >= 0.3 is 0 Å². The van der Waals surface area contributed by atoms with Crippen molar-refractivity contribution < 1.29 is 14.8 Å². The maximum Gasteiger partial charge on any atom is 0.273 e. The van der Waals surface area contributed by atoms with Crippen molar-refractivity contribution in [1.29, 1.82) is 0 Å². The van der Waals surface area contributed by atoms with E-state index in [0.717, 1.165) is 0 Å².